The Kier molecular flexibility index (Phi) is 4.50. The van der Waals surface area contributed by atoms with Crippen molar-refractivity contribution in [3.63, 3.8) is 0 Å². The van der Waals surface area contributed by atoms with Gasteiger partial charge in [0.05, 0.1) is 17.1 Å². The Labute approximate surface area is 124 Å². The molecule has 2 rings (SSSR count). The van der Waals surface area contributed by atoms with Crippen molar-refractivity contribution in [1.29, 1.82) is 0 Å². The molecule has 7 nitrogen and oxygen atoms in total. The molecule has 2 aromatic heterocycles. The zero-order valence-corrected chi connectivity index (χ0v) is 13.1. The Morgan fingerprint density at radius 3 is 2.62 bits per heavy atom. The first kappa shape index (κ1) is 15.7. The smallest absolute Gasteiger partial charge is 0.242 e. The van der Waals surface area contributed by atoms with Gasteiger partial charge in [0.15, 0.2) is 0 Å². The van der Waals surface area contributed by atoms with Gasteiger partial charge in [0.1, 0.15) is 5.76 Å². The standard InChI is InChI=1S/C13H20N4O3S/c1-9(2)17-8-13(5-12(17)6-14)21(18,19)15-7-11-4-10(3)20-16-11/h4-5,8-9,15H,6-7,14H2,1-3H3. The Bertz CT molecular complexity index is 716. The summed E-state index contributed by atoms with van der Waals surface area (Å²) in [5.74, 6) is 0.639. The second kappa shape index (κ2) is 6.00. The van der Waals surface area contributed by atoms with Crippen LogP contribution in [0.2, 0.25) is 0 Å². The molecule has 0 unspecified atom stereocenters. The van der Waals surface area contributed by atoms with E-state index in [1.54, 1.807) is 25.3 Å². The van der Waals surface area contributed by atoms with Crippen LogP contribution in [0.15, 0.2) is 27.7 Å². The van der Waals surface area contributed by atoms with E-state index in [2.05, 4.69) is 9.88 Å². The van der Waals surface area contributed by atoms with Gasteiger partial charge in [-0.2, -0.15) is 0 Å². The van der Waals surface area contributed by atoms with Crippen molar-refractivity contribution in [2.24, 2.45) is 5.73 Å². The van der Waals surface area contributed by atoms with Gasteiger partial charge in [0, 0.05) is 30.5 Å². The first-order chi connectivity index (χ1) is 9.83. The minimum Gasteiger partial charge on any atom is -0.361 e. The van der Waals surface area contributed by atoms with Gasteiger partial charge in [0.2, 0.25) is 10.0 Å². The third kappa shape index (κ3) is 3.52. The van der Waals surface area contributed by atoms with E-state index in [1.165, 1.54) is 0 Å². The number of hydrogen-bond donors (Lipinski definition) is 2. The number of sulfonamides is 1. The van der Waals surface area contributed by atoms with Crippen LogP contribution >= 0.6 is 0 Å². The van der Waals surface area contributed by atoms with Gasteiger partial charge < -0.3 is 14.8 Å². The van der Waals surface area contributed by atoms with Crippen LogP contribution in [-0.4, -0.2) is 18.1 Å². The number of aryl methyl sites for hydroxylation is 1. The highest BCUT2D eigenvalue weighted by atomic mass is 32.2. The first-order valence-corrected chi connectivity index (χ1v) is 8.14. The number of aromatic nitrogens is 2. The molecule has 2 heterocycles. The van der Waals surface area contributed by atoms with Gasteiger partial charge in [-0.3, -0.25) is 0 Å². The first-order valence-electron chi connectivity index (χ1n) is 6.66. The highest BCUT2D eigenvalue weighted by Crippen LogP contribution is 2.18. The van der Waals surface area contributed by atoms with Crippen LogP contribution in [0.3, 0.4) is 0 Å². The van der Waals surface area contributed by atoms with E-state index in [4.69, 9.17) is 10.3 Å². The maximum Gasteiger partial charge on any atom is 0.242 e. The van der Waals surface area contributed by atoms with Crippen molar-refractivity contribution < 1.29 is 12.9 Å². The third-order valence-corrected chi connectivity index (χ3v) is 4.47. The molecule has 0 atom stereocenters. The van der Waals surface area contributed by atoms with Crippen molar-refractivity contribution >= 4 is 10.0 Å². The van der Waals surface area contributed by atoms with Gasteiger partial charge in [-0.15, -0.1) is 0 Å². The summed E-state index contributed by atoms with van der Waals surface area (Å²) in [7, 11) is -3.60. The molecule has 0 spiro atoms. The molecule has 21 heavy (non-hydrogen) atoms. The van der Waals surface area contributed by atoms with E-state index in [9.17, 15) is 8.42 Å². The van der Waals surface area contributed by atoms with E-state index in [1.807, 2.05) is 18.4 Å². The molecule has 0 amide bonds. The van der Waals surface area contributed by atoms with Gasteiger partial charge in [-0.05, 0) is 26.8 Å². The summed E-state index contributed by atoms with van der Waals surface area (Å²) in [5, 5.41) is 3.75. The van der Waals surface area contributed by atoms with Crippen LogP contribution in [0.1, 0.15) is 37.0 Å². The highest BCUT2D eigenvalue weighted by Gasteiger charge is 2.19. The number of rotatable bonds is 6. The number of nitrogens with zero attached hydrogens (tertiary/aromatic N) is 2. The number of nitrogens with one attached hydrogen (secondary N) is 1. The molecule has 0 aromatic carbocycles. The fraction of sp³-hybridized carbons (Fsp3) is 0.462. The van der Waals surface area contributed by atoms with Crippen LogP contribution in [-0.2, 0) is 23.1 Å². The van der Waals surface area contributed by atoms with Crippen molar-refractivity contribution in [1.82, 2.24) is 14.4 Å². The lowest BCUT2D eigenvalue weighted by Crippen LogP contribution is -2.23. The zero-order valence-electron chi connectivity index (χ0n) is 12.3. The molecule has 8 heteroatoms. The third-order valence-electron chi connectivity index (χ3n) is 3.10. The SMILES string of the molecule is Cc1cc(CNS(=O)(=O)c2cc(CN)n(C(C)C)c2)no1. The Morgan fingerprint density at radius 1 is 1.43 bits per heavy atom. The maximum absolute atomic E-state index is 12.3. The molecule has 0 radical (unpaired) electrons. The minimum atomic E-state index is -3.60. The van der Waals surface area contributed by atoms with Crippen LogP contribution < -0.4 is 10.5 Å². The van der Waals surface area contributed by atoms with Crippen LogP contribution in [0.25, 0.3) is 0 Å². The molecule has 0 saturated carbocycles. The lowest BCUT2D eigenvalue weighted by atomic mass is 10.3. The lowest BCUT2D eigenvalue weighted by Gasteiger charge is -2.10. The molecular weight excluding hydrogens is 292 g/mol. The summed E-state index contributed by atoms with van der Waals surface area (Å²) in [4.78, 5) is 0.205. The van der Waals surface area contributed by atoms with Crippen molar-refractivity contribution in [3.05, 3.63) is 35.5 Å². The predicted octanol–water partition coefficient (Wildman–Crippen LogP) is 1.30. The van der Waals surface area contributed by atoms with E-state index >= 15 is 0 Å². The summed E-state index contributed by atoms with van der Waals surface area (Å²) in [6, 6.07) is 3.43. The second-order valence-electron chi connectivity index (χ2n) is 5.13. The summed E-state index contributed by atoms with van der Waals surface area (Å²) in [6.45, 7) is 6.07. The normalized spacial score (nSPS) is 12.2. The molecule has 0 bridgehead atoms. The second-order valence-corrected chi connectivity index (χ2v) is 6.89. The van der Waals surface area contributed by atoms with Crippen molar-refractivity contribution in [2.45, 2.75) is 44.8 Å². The van der Waals surface area contributed by atoms with Crippen LogP contribution in [0.4, 0.5) is 0 Å². The zero-order chi connectivity index (χ0) is 15.6. The van der Waals surface area contributed by atoms with Crippen LogP contribution in [0, 0.1) is 6.92 Å². The van der Waals surface area contributed by atoms with E-state index in [0.717, 1.165) is 5.69 Å². The van der Waals surface area contributed by atoms with Crippen molar-refractivity contribution in [3.8, 4) is 0 Å². The fourth-order valence-electron chi connectivity index (χ4n) is 2.04. The molecule has 0 aliphatic heterocycles. The van der Waals surface area contributed by atoms with E-state index in [0.29, 0.717) is 11.5 Å². The predicted molar refractivity (Wildman–Crippen MR) is 78.0 cm³/mol. The van der Waals surface area contributed by atoms with E-state index < -0.39 is 10.0 Å². The monoisotopic (exact) mass is 312 g/mol. The Morgan fingerprint density at radius 2 is 2.14 bits per heavy atom. The molecule has 0 fully saturated rings. The van der Waals surface area contributed by atoms with Gasteiger partial charge in [-0.25, -0.2) is 13.1 Å². The van der Waals surface area contributed by atoms with Gasteiger partial charge in [0.25, 0.3) is 0 Å². The van der Waals surface area contributed by atoms with Crippen LogP contribution in [0.5, 0.6) is 0 Å². The highest BCUT2D eigenvalue weighted by molar-refractivity contribution is 7.89. The molecule has 2 aromatic rings. The average Bonchev–Trinajstić information content (AvgIpc) is 3.02. The Hall–Kier alpha value is -1.64. The molecule has 0 saturated heterocycles. The summed E-state index contributed by atoms with van der Waals surface area (Å²) >= 11 is 0. The molecule has 3 N–H and O–H groups in total. The van der Waals surface area contributed by atoms with Crippen molar-refractivity contribution in [2.75, 3.05) is 0 Å². The summed E-state index contributed by atoms with van der Waals surface area (Å²) < 4.78 is 33.8. The molecule has 0 aliphatic carbocycles. The topological polar surface area (TPSA) is 103 Å². The molecule has 116 valence electrons. The van der Waals surface area contributed by atoms with E-state index in [-0.39, 0.29) is 24.0 Å². The fourth-order valence-corrected chi connectivity index (χ4v) is 3.09. The molecule has 0 aliphatic rings. The minimum absolute atomic E-state index is 0.0878. The van der Waals surface area contributed by atoms with Gasteiger partial charge in [-0.1, -0.05) is 5.16 Å². The van der Waals surface area contributed by atoms with Gasteiger partial charge >= 0.3 is 0 Å². The lowest BCUT2D eigenvalue weighted by molar-refractivity contribution is 0.390. The number of hydrogen-bond acceptors (Lipinski definition) is 5. The number of nitrogens with two attached hydrogens (primary N) is 1. The maximum atomic E-state index is 12.3. The largest absolute Gasteiger partial charge is 0.361 e. The molecular formula is C13H20N4O3S. The quantitative estimate of drug-likeness (QED) is 0.837. The summed E-state index contributed by atoms with van der Waals surface area (Å²) in [6.07, 6.45) is 1.60. The average molecular weight is 312 g/mol. The summed E-state index contributed by atoms with van der Waals surface area (Å²) in [5.41, 5.74) is 6.97. The Balaban J connectivity index is 2.19.